The Labute approximate surface area is 166 Å². The van der Waals surface area contributed by atoms with Gasteiger partial charge in [0.1, 0.15) is 4.32 Å². The number of thiocarbonyl (C=S) groups is 1. The third-order valence-electron chi connectivity index (χ3n) is 4.22. The van der Waals surface area contributed by atoms with Crippen molar-refractivity contribution in [2.75, 3.05) is 0 Å². The largest absolute Gasteiger partial charge is 0.307 e. The summed E-state index contributed by atoms with van der Waals surface area (Å²) in [6, 6.07) is 13.9. The highest BCUT2D eigenvalue weighted by Gasteiger charge is 2.24. The molecule has 4 rings (SSSR count). The van der Waals surface area contributed by atoms with Crippen LogP contribution in [0.2, 0.25) is 0 Å². The van der Waals surface area contributed by atoms with Crippen molar-refractivity contribution in [3.05, 3.63) is 70.8 Å². The minimum Gasteiger partial charge on any atom is -0.307 e. The molecule has 1 aliphatic rings. The third kappa shape index (κ3) is 3.20. The van der Waals surface area contributed by atoms with Crippen LogP contribution in [0.3, 0.4) is 0 Å². The first kappa shape index (κ1) is 18.0. The number of amides is 1. The van der Waals surface area contributed by atoms with Crippen molar-refractivity contribution >= 4 is 61.2 Å². The number of carbonyl (C=O) groups is 1. The summed E-state index contributed by atoms with van der Waals surface area (Å²) in [4.78, 5) is 12.6. The molecule has 1 saturated heterocycles. The predicted octanol–water partition coefficient (Wildman–Crippen LogP) is 3.68. The molecule has 0 saturated carbocycles. The second kappa shape index (κ2) is 6.63. The molecule has 136 valence electrons. The lowest BCUT2D eigenvalue weighted by molar-refractivity contribution is -0.115. The normalized spacial score (nSPS) is 16.3. The number of para-hydroxylation sites is 1. The fraction of sp³-hybridized carbons (Fsp3) is 0.0526. The second-order valence-electron chi connectivity index (χ2n) is 6.07. The summed E-state index contributed by atoms with van der Waals surface area (Å²) in [5.74, 6) is -0.275. The van der Waals surface area contributed by atoms with Gasteiger partial charge in [0.2, 0.25) is 0 Å². The van der Waals surface area contributed by atoms with Gasteiger partial charge in [0, 0.05) is 17.1 Å². The topological polar surface area (TPSA) is 68.2 Å². The van der Waals surface area contributed by atoms with E-state index in [2.05, 4.69) is 5.32 Å². The molecule has 8 heteroatoms. The van der Waals surface area contributed by atoms with Crippen LogP contribution in [0.15, 0.2) is 64.5 Å². The molecule has 5 nitrogen and oxygen atoms in total. The molecule has 0 unspecified atom stereocenters. The Kier molecular flexibility index (Phi) is 4.41. The fourth-order valence-electron chi connectivity index (χ4n) is 2.88. The van der Waals surface area contributed by atoms with Crippen molar-refractivity contribution in [2.24, 2.45) is 0 Å². The van der Waals surface area contributed by atoms with Crippen molar-refractivity contribution in [2.45, 2.75) is 11.8 Å². The number of rotatable bonds is 3. The lowest BCUT2D eigenvalue weighted by Gasteiger charge is -2.07. The molecule has 3 aromatic rings. The maximum absolute atomic E-state index is 13.2. The zero-order valence-corrected chi connectivity index (χ0v) is 16.6. The number of hydrogen-bond acceptors (Lipinski definition) is 5. The van der Waals surface area contributed by atoms with Crippen LogP contribution in [-0.4, -0.2) is 22.6 Å². The van der Waals surface area contributed by atoms with Crippen LogP contribution in [0.4, 0.5) is 0 Å². The summed E-state index contributed by atoms with van der Waals surface area (Å²) >= 11 is 6.18. The minimum atomic E-state index is -3.77. The van der Waals surface area contributed by atoms with Gasteiger partial charge in [-0.05, 0) is 31.2 Å². The van der Waals surface area contributed by atoms with Crippen molar-refractivity contribution in [3.63, 3.8) is 0 Å². The van der Waals surface area contributed by atoms with Crippen molar-refractivity contribution < 1.29 is 13.2 Å². The molecule has 2 aromatic carbocycles. The Morgan fingerprint density at radius 1 is 1.11 bits per heavy atom. The standard InChI is InChI=1S/C19H14N2O3S3/c1-12-6-8-14(9-7-12)27(23,24)21-11-13(15-4-2-3-5-16(15)21)10-17-18(22)20-19(25)26-17/h2-11H,1H3,(H,20,22,25). The van der Waals surface area contributed by atoms with Gasteiger partial charge in [-0.3, -0.25) is 4.79 Å². The zero-order chi connectivity index (χ0) is 19.2. The zero-order valence-electron chi connectivity index (χ0n) is 14.2. The van der Waals surface area contributed by atoms with Crippen LogP contribution in [0.25, 0.3) is 17.0 Å². The highest BCUT2D eigenvalue weighted by molar-refractivity contribution is 8.26. The first-order valence-corrected chi connectivity index (χ1v) is 10.7. The molecule has 0 radical (unpaired) electrons. The maximum Gasteiger partial charge on any atom is 0.268 e. The SMILES string of the molecule is Cc1ccc(S(=O)(=O)n2cc(C=C3SC(=S)NC3=O)c3ccccc32)cc1. The molecular formula is C19H14N2O3S3. The van der Waals surface area contributed by atoms with E-state index in [0.29, 0.717) is 20.3 Å². The molecule has 1 fully saturated rings. The Morgan fingerprint density at radius 3 is 2.48 bits per heavy atom. The van der Waals surface area contributed by atoms with Crippen LogP contribution < -0.4 is 5.32 Å². The summed E-state index contributed by atoms with van der Waals surface area (Å²) in [5, 5.41) is 3.31. The molecule has 1 N–H and O–H groups in total. The molecule has 0 spiro atoms. The lowest BCUT2D eigenvalue weighted by atomic mass is 10.1. The Balaban J connectivity index is 1.90. The number of aryl methyl sites for hydroxylation is 1. The fourth-order valence-corrected chi connectivity index (χ4v) is 5.29. The number of thioether (sulfide) groups is 1. The summed E-state index contributed by atoms with van der Waals surface area (Å²) in [6.45, 7) is 1.90. The van der Waals surface area contributed by atoms with Gasteiger partial charge in [-0.25, -0.2) is 12.4 Å². The predicted molar refractivity (Wildman–Crippen MR) is 112 cm³/mol. The second-order valence-corrected chi connectivity index (χ2v) is 9.60. The van der Waals surface area contributed by atoms with Gasteiger partial charge >= 0.3 is 0 Å². The first-order valence-electron chi connectivity index (χ1n) is 8.03. The van der Waals surface area contributed by atoms with Crippen LogP contribution in [0, 0.1) is 6.92 Å². The van der Waals surface area contributed by atoms with E-state index in [1.165, 1.54) is 3.97 Å². The highest BCUT2D eigenvalue weighted by Crippen LogP contribution is 2.31. The average Bonchev–Trinajstić information content (AvgIpc) is 3.16. The Morgan fingerprint density at radius 2 is 1.81 bits per heavy atom. The van der Waals surface area contributed by atoms with Crippen LogP contribution in [-0.2, 0) is 14.8 Å². The lowest BCUT2D eigenvalue weighted by Crippen LogP contribution is -2.17. The van der Waals surface area contributed by atoms with Crippen molar-refractivity contribution in [1.82, 2.24) is 9.29 Å². The molecule has 0 aliphatic carbocycles. The minimum absolute atomic E-state index is 0.210. The van der Waals surface area contributed by atoms with Crippen LogP contribution in [0.5, 0.6) is 0 Å². The number of nitrogens with one attached hydrogen (secondary N) is 1. The smallest absolute Gasteiger partial charge is 0.268 e. The summed E-state index contributed by atoms with van der Waals surface area (Å²) in [7, 11) is -3.77. The molecule has 27 heavy (non-hydrogen) atoms. The van der Waals surface area contributed by atoms with E-state index in [0.717, 1.165) is 22.7 Å². The van der Waals surface area contributed by atoms with Gasteiger partial charge in [-0.1, -0.05) is 59.9 Å². The maximum atomic E-state index is 13.2. The van der Waals surface area contributed by atoms with Gasteiger partial charge in [-0.15, -0.1) is 0 Å². The van der Waals surface area contributed by atoms with Gasteiger partial charge in [0.05, 0.1) is 15.3 Å². The number of benzene rings is 2. The quantitative estimate of drug-likeness (QED) is 0.523. The molecule has 0 atom stereocenters. The number of hydrogen-bond donors (Lipinski definition) is 1. The molecule has 1 amide bonds. The number of fused-ring (bicyclic) bond motifs is 1. The number of carbonyl (C=O) groups excluding carboxylic acids is 1. The Bertz CT molecular complexity index is 1220. The molecule has 1 aliphatic heterocycles. The van der Waals surface area contributed by atoms with Gasteiger partial charge in [-0.2, -0.15) is 0 Å². The van der Waals surface area contributed by atoms with E-state index in [-0.39, 0.29) is 10.8 Å². The van der Waals surface area contributed by atoms with E-state index in [9.17, 15) is 13.2 Å². The van der Waals surface area contributed by atoms with Gasteiger partial charge < -0.3 is 5.32 Å². The number of nitrogens with zero attached hydrogens (tertiary/aromatic N) is 1. The number of aromatic nitrogens is 1. The molecular weight excluding hydrogens is 400 g/mol. The van der Waals surface area contributed by atoms with Crippen LogP contribution in [0.1, 0.15) is 11.1 Å². The van der Waals surface area contributed by atoms with E-state index < -0.39 is 10.0 Å². The van der Waals surface area contributed by atoms with Crippen molar-refractivity contribution in [3.8, 4) is 0 Å². The van der Waals surface area contributed by atoms with E-state index in [1.54, 1.807) is 48.7 Å². The van der Waals surface area contributed by atoms with Crippen molar-refractivity contribution in [1.29, 1.82) is 0 Å². The van der Waals surface area contributed by atoms with Gasteiger partial charge in [0.15, 0.2) is 0 Å². The van der Waals surface area contributed by atoms with Crippen LogP contribution >= 0.6 is 24.0 Å². The van der Waals surface area contributed by atoms with E-state index >= 15 is 0 Å². The average molecular weight is 415 g/mol. The summed E-state index contributed by atoms with van der Waals surface area (Å²) in [5.41, 5.74) is 2.18. The van der Waals surface area contributed by atoms with Gasteiger partial charge in [0.25, 0.3) is 15.9 Å². The molecule has 0 bridgehead atoms. The third-order valence-corrected chi connectivity index (χ3v) is 7.07. The summed E-state index contributed by atoms with van der Waals surface area (Å²) < 4.78 is 28.0. The molecule has 2 heterocycles. The monoisotopic (exact) mass is 414 g/mol. The Hall–Kier alpha value is -2.42. The van der Waals surface area contributed by atoms with E-state index in [4.69, 9.17) is 12.2 Å². The first-order chi connectivity index (χ1) is 12.9. The highest BCUT2D eigenvalue weighted by atomic mass is 32.2. The summed E-state index contributed by atoms with van der Waals surface area (Å²) in [6.07, 6.45) is 3.21. The van der Waals surface area contributed by atoms with E-state index in [1.807, 2.05) is 19.1 Å². The molecule has 1 aromatic heterocycles.